The average Bonchev–Trinajstić information content (AvgIpc) is 2.46. The molecule has 1 atom stereocenters. The summed E-state index contributed by atoms with van der Waals surface area (Å²) in [6.07, 6.45) is 2.62. The molecular weight excluding hydrogens is 288 g/mol. The number of urea groups is 1. The molecular formula is C15H24N2O3S. The van der Waals surface area contributed by atoms with Crippen LogP contribution < -0.4 is 15.4 Å². The second kappa shape index (κ2) is 8.79. The van der Waals surface area contributed by atoms with Gasteiger partial charge in [0.1, 0.15) is 5.75 Å². The summed E-state index contributed by atoms with van der Waals surface area (Å²) < 4.78 is 5.44. The van der Waals surface area contributed by atoms with E-state index in [1.165, 1.54) is 0 Å². The number of benzene rings is 1. The molecule has 118 valence electrons. The number of thioether (sulfide) groups is 1. The Bertz CT molecular complexity index is 452. The molecule has 0 bridgehead atoms. The van der Waals surface area contributed by atoms with Gasteiger partial charge < -0.3 is 20.5 Å². The number of hydrogen-bond donors (Lipinski definition) is 3. The van der Waals surface area contributed by atoms with E-state index in [9.17, 15) is 9.90 Å². The van der Waals surface area contributed by atoms with Crippen LogP contribution in [0.1, 0.15) is 20.3 Å². The van der Waals surface area contributed by atoms with Crippen molar-refractivity contribution in [1.82, 2.24) is 5.32 Å². The number of rotatable bonds is 8. The minimum Gasteiger partial charge on any atom is -0.492 e. The maximum Gasteiger partial charge on any atom is 0.319 e. The summed E-state index contributed by atoms with van der Waals surface area (Å²) in [6.45, 7) is 4.34. The topological polar surface area (TPSA) is 70.6 Å². The van der Waals surface area contributed by atoms with Gasteiger partial charge in [0.2, 0.25) is 0 Å². The van der Waals surface area contributed by atoms with Gasteiger partial charge in [-0.25, -0.2) is 4.79 Å². The Morgan fingerprint density at radius 1 is 1.43 bits per heavy atom. The van der Waals surface area contributed by atoms with E-state index in [0.717, 1.165) is 5.75 Å². The molecule has 0 saturated carbocycles. The predicted molar refractivity (Wildman–Crippen MR) is 88.3 cm³/mol. The Morgan fingerprint density at radius 2 is 2.14 bits per heavy atom. The highest BCUT2D eigenvalue weighted by Gasteiger charge is 2.20. The highest BCUT2D eigenvalue weighted by atomic mass is 32.2. The fraction of sp³-hybridized carbons (Fsp3) is 0.533. The Labute approximate surface area is 130 Å². The molecule has 0 fully saturated rings. The quantitative estimate of drug-likeness (QED) is 0.690. The lowest BCUT2D eigenvalue weighted by atomic mass is 10.0. The first-order valence-electron chi connectivity index (χ1n) is 6.96. The maximum atomic E-state index is 11.9. The molecule has 0 aromatic heterocycles. The van der Waals surface area contributed by atoms with Crippen molar-refractivity contribution < 1.29 is 14.6 Å². The summed E-state index contributed by atoms with van der Waals surface area (Å²) in [5, 5.41) is 15.5. The number of aliphatic hydroxyl groups is 1. The van der Waals surface area contributed by atoms with E-state index in [4.69, 9.17) is 4.74 Å². The van der Waals surface area contributed by atoms with Crippen molar-refractivity contribution in [2.24, 2.45) is 0 Å². The highest BCUT2D eigenvalue weighted by molar-refractivity contribution is 7.98. The zero-order chi connectivity index (χ0) is 15.7. The summed E-state index contributed by atoms with van der Waals surface area (Å²) in [4.78, 5) is 11.9. The van der Waals surface area contributed by atoms with E-state index in [1.807, 2.05) is 25.3 Å². The van der Waals surface area contributed by atoms with Crippen LogP contribution in [0.3, 0.4) is 0 Å². The predicted octanol–water partition coefficient (Wildman–Crippen LogP) is 2.71. The van der Waals surface area contributed by atoms with Crippen molar-refractivity contribution >= 4 is 23.5 Å². The Morgan fingerprint density at radius 3 is 2.81 bits per heavy atom. The summed E-state index contributed by atoms with van der Waals surface area (Å²) in [7, 11) is 0. The van der Waals surface area contributed by atoms with Gasteiger partial charge in [0, 0.05) is 6.54 Å². The monoisotopic (exact) mass is 312 g/mol. The van der Waals surface area contributed by atoms with Crippen molar-refractivity contribution in [1.29, 1.82) is 0 Å². The van der Waals surface area contributed by atoms with Gasteiger partial charge in [0.15, 0.2) is 0 Å². The van der Waals surface area contributed by atoms with Crippen molar-refractivity contribution in [2.45, 2.75) is 25.9 Å². The molecule has 0 radical (unpaired) electrons. The summed E-state index contributed by atoms with van der Waals surface area (Å²) >= 11 is 1.67. The van der Waals surface area contributed by atoms with Gasteiger partial charge in [0.05, 0.1) is 17.9 Å². The molecule has 3 N–H and O–H groups in total. The molecule has 1 rings (SSSR count). The molecule has 2 amide bonds. The molecule has 1 aromatic rings. The lowest BCUT2D eigenvalue weighted by molar-refractivity contribution is 0.0599. The number of hydrogen-bond acceptors (Lipinski definition) is 4. The summed E-state index contributed by atoms with van der Waals surface area (Å²) in [6, 6.07) is 6.89. The van der Waals surface area contributed by atoms with Crippen LogP contribution in [0.5, 0.6) is 5.75 Å². The number of nitrogens with one attached hydrogen (secondary N) is 2. The number of carbonyl (C=O) groups is 1. The molecule has 5 nitrogen and oxygen atoms in total. The lowest BCUT2D eigenvalue weighted by Crippen LogP contribution is -2.42. The number of ether oxygens (including phenoxy) is 1. The molecule has 0 heterocycles. The number of carbonyl (C=O) groups excluding carboxylic acids is 1. The van der Waals surface area contributed by atoms with Gasteiger partial charge in [-0.2, -0.15) is 11.8 Å². The van der Waals surface area contributed by atoms with Crippen LogP contribution in [0, 0.1) is 0 Å². The van der Waals surface area contributed by atoms with Crippen LogP contribution in [-0.4, -0.2) is 41.9 Å². The van der Waals surface area contributed by atoms with E-state index in [0.29, 0.717) is 24.5 Å². The second-order valence-electron chi connectivity index (χ2n) is 4.98. The van der Waals surface area contributed by atoms with Gasteiger partial charge in [-0.05, 0) is 44.4 Å². The van der Waals surface area contributed by atoms with Gasteiger partial charge in [-0.15, -0.1) is 0 Å². The molecule has 1 aromatic carbocycles. The highest BCUT2D eigenvalue weighted by Crippen LogP contribution is 2.23. The van der Waals surface area contributed by atoms with E-state index < -0.39 is 5.60 Å². The number of amides is 2. The molecule has 6 heteroatoms. The normalized spacial score (nSPS) is 13.3. The van der Waals surface area contributed by atoms with Crippen LogP contribution in [0.4, 0.5) is 10.5 Å². The molecule has 0 aliphatic carbocycles. The Hall–Kier alpha value is -1.40. The van der Waals surface area contributed by atoms with Crippen molar-refractivity contribution in [2.75, 3.05) is 30.5 Å². The zero-order valence-electron chi connectivity index (χ0n) is 12.8. The second-order valence-corrected chi connectivity index (χ2v) is 5.96. The number of para-hydroxylation sites is 2. The minimum atomic E-state index is -0.903. The molecule has 0 spiro atoms. The third kappa shape index (κ3) is 6.73. The first kappa shape index (κ1) is 17.7. The third-order valence-electron chi connectivity index (χ3n) is 2.91. The molecule has 0 aliphatic rings. The average molecular weight is 312 g/mol. The van der Waals surface area contributed by atoms with Crippen LogP contribution >= 0.6 is 11.8 Å². The standard InChI is InChI=1S/C15H24N2O3S/c1-4-20-13-8-6-5-7-12(13)17-14(18)16-11-15(2,19)9-10-21-3/h5-8,19H,4,9-11H2,1-3H3,(H2,16,17,18). The van der Waals surface area contributed by atoms with Crippen LogP contribution in [0.2, 0.25) is 0 Å². The molecule has 0 saturated heterocycles. The third-order valence-corrected chi connectivity index (χ3v) is 3.52. The Kier molecular flexibility index (Phi) is 7.39. The first-order chi connectivity index (χ1) is 9.98. The molecule has 0 aliphatic heterocycles. The van der Waals surface area contributed by atoms with Gasteiger partial charge in [0.25, 0.3) is 0 Å². The fourth-order valence-electron chi connectivity index (χ4n) is 1.70. The van der Waals surface area contributed by atoms with Gasteiger partial charge >= 0.3 is 6.03 Å². The van der Waals surface area contributed by atoms with Crippen LogP contribution in [0.25, 0.3) is 0 Å². The maximum absolute atomic E-state index is 11.9. The summed E-state index contributed by atoms with van der Waals surface area (Å²) in [5.74, 6) is 1.48. The molecule has 1 unspecified atom stereocenters. The zero-order valence-corrected chi connectivity index (χ0v) is 13.6. The van der Waals surface area contributed by atoms with Crippen molar-refractivity contribution in [3.05, 3.63) is 24.3 Å². The van der Waals surface area contributed by atoms with Crippen molar-refractivity contribution in [3.8, 4) is 5.75 Å². The van der Waals surface area contributed by atoms with E-state index in [-0.39, 0.29) is 12.6 Å². The van der Waals surface area contributed by atoms with E-state index in [1.54, 1.807) is 30.8 Å². The van der Waals surface area contributed by atoms with Crippen LogP contribution in [0.15, 0.2) is 24.3 Å². The number of anilines is 1. The largest absolute Gasteiger partial charge is 0.492 e. The Balaban J connectivity index is 2.50. The van der Waals surface area contributed by atoms with Crippen LogP contribution in [-0.2, 0) is 0 Å². The van der Waals surface area contributed by atoms with E-state index in [2.05, 4.69) is 10.6 Å². The van der Waals surface area contributed by atoms with E-state index >= 15 is 0 Å². The smallest absolute Gasteiger partial charge is 0.319 e. The van der Waals surface area contributed by atoms with Gasteiger partial charge in [-0.1, -0.05) is 12.1 Å². The fourth-order valence-corrected chi connectivity index (χ4v) is 2.34. The van der Waals surface area contributed by atoms with Gasteiger partial charge in [-0.3, -0.25) is 0 Å². The summed E-state index contributed by atoms with van der Waals surface area (Å²) in [5.41, 5.74) is -0.291. The lowest BCUT2D eigenvalue weighted by Gasteiger charge is -2.23. The molecule has 21 heavy (non-hydrogen) atoms. The minimum absolute atomic E-state index is 0.205. The van der Waals surface area contributed by atoms with Crippen molar-refractivity contribution in [3.63, 3.8) is 0 Å². The SMILES string of the molecule is CCOc1ccccc1NC(=O)NCC(C)(O)CCSC. The first-order valence-corrected chi connectivity index (χ1v) is 8.36.